The Morgan fingerprint density at radius 3 is 2.55 bits per heavy atom. The smallest absolute Gasteiger partial charge is 0.243 e. The molecule has 7 nitrogen and oxygen atoms in total. The monoisotopic (exact) mass is 488 g/mol. The van der Waals surface area contributed by atoms with Crippen LogP contribution in [0.15, 0.2) is 30.3 Å². The van der Waals surface area contributed by atoms with Gasteiger partial charge in [-0.15, -0.1) is 11.3 Å². The first-order valence-electron chi connectivity index (χ1n) is 12.0. The molecule has 1 amide bonds. The summed E-state index contributed by atoms with van der Waals surface area (Å²) in [4.78, 5) is 26.1. The van der Waals surface area contributed by atoms with Crippen LogP contribution in [0.4, 0.5) is 5.13 Å². The number of hydrogen-bond acceptors (Lipinski definition) is 7. The first kappa shape index (κ1) is 23.0. The molecule has 0 radical (unpaired) electrons. The standard InChI is InChI=1S/C24H32N4O3S2/c29-23(17-26-11-13-27(14-12-26)20-10-15-33(30,31)18-20)28(16-19-6-2-1-3-7-19)24-25-21-8-4-5-9-22(21)32-24/h1-3,6-7,20H,4-5,8-18H2/t20-/m1/s1. The molecule has 9 heteroatoms. The molecule has 1 aromatic carbocycles. The van der Waals surface area contributed by atoms with E-state index < -0.39 is 9.84 Å². The van der Waals surface area contributed by atoms with Gasteiger partial charge in [0.05, 0.1) is 30.3 Å². The highest BCUT2D eigenvalue weighted by molar-refractivity contribution is 7.91. The molecule has 3 aliphatic rings. The summed E-state index contributed by atoms with van der Waals surface area (Å²) >= 11 is 1.68. The Morgan fingerprint density at radius 1 is 1.09 bits per heavy atom. The Morgan fingerprint density at radius 2 is 1.85 bits per heavy atom. The van der Waals surface area contributed by atoms with Gasteiger partial charge in [-0.1, -0.05) is 30.3 Å². The summed E-state index contributed by atoms with van der Waals surface area (Å²) in [5.74, 6) is 0.676. The summed E-state index contributed by atoms with van der Waals surface area (Å²) in [6, 6.07) is 10.3. The van der Waals surface area contributed by atoms with Gasteiger partial charge in [0.1, 0.15) is 0 Å². The summed E-state index contributed by atoms with van der Waals surface area (Å²) < 4.78 is 23.7. The predicted molar refractivity (Wildman–Crippen MR) is 131 cm³/mol. The predicted octanol–water partition coefficient (Wildman–Crippen LogP) is 2.36. The van der Waals surface area contributed by atoms with E-state index in [1.54, 1.807) is 11.3 Å². The molecule has 1 aliphatic carbocycles. The Bertz CT molecular complexity index is 1050. The Labute approximate surface area is 200 Å². The summed E-state index contributed by atoms with van der Waals surface area (Å²) in [5, 5.41) is 0.825. The number of anilines is 1. The van der Waals surface area contributed by atoms with E-state index in [-0.39, 0.29) is 17.7 Å². The third-order valence-electron chi connectivity index (χ3n) is 7.04. The lowest BCUT2D eigenvalue weighted by Gasteiger charge is -2.37. The number of sulfone groups is 1. The van der Waals surface area contributed by atoms with Crippen LogP contribution in [-0.4, -0.2) is 79.4 Å². The van der Waals surface area contributed by atoms with Crippen LogP contribution < -0.4 is 4.90 Å². The van der Waals surface area contributed by atoms with E-state index >= 15 is 0 Å². The third-order valence-corrected chi connectivity index (χ3v) is 9.97. The number of piperazine rings is 1. The number of nitrogens with zero attached hydrogens (tertiary/aromatic N) is 4. The lowest BCUT2D eigenvalue weighted by Crippen LogP contribution is -2.53. The van der Waals surface area contributed by atoms with Crippen molar-refractivity contribution in [3.63, 3.8) is 0 Å². The van der Waals surface area contributed by atoms with Crippen molar-refractivity contribution in [2.24, 2.45) is 0 Å². The SMILES string of the molecule is O=C(CN1CCN([C@@H]2CCS(=O)(=O)C2)CC1)N(Cc1ccccc1)c1nc2c(s1)CCCC2. The van der Waals surface area contributed by atoms with Crippen LogP contribution in [0.25, 0.3) is 0 Å². The highest BCUT2D eigenvalue weighted by atomic mass is 32.2. The van der Waals surface area contributed by atoms with E-state index in [0.717, 1.165) is 56.1 Å². The molecule has 33 heavy (non-hydrogen) atoms. The van der Waals surface area contributed by atoms with Crippen molar-refractivity contribution in [2.45, 2.75) is 44.7 Å². The van der Waals surface area contributed by atoms with Crippen molar-refractivity contribution in [1.82, 2.24) is 14.8 Å². The molecule has 2 saturated heterocycles. The Balaban J connectivity index is 1.25. The van der Waals surface area contributed by atoms with Crippen LogP contribution in [-0.2, 0) is 34.0 Å². The molecule has 2 aromatic rings. The molecular formula is C24H32N4O3S2. The summed E-state index contributed by atoms with van der Waals surface area (Å²) in [7, 11) is -2.87. The van der Waals surface area contributed by atoms with Crippen molar-refractivity contribution in [1.29, 1.82) is 0 Å². The van der Waals surface area contributed by atoms with E-state index in [4.69, 9.17) is 4.98 Å². The quantitative estimate of drug-likeness (QED) is 0.622. The van der Waals surface area contributed by atoms with Gasteiger partial charge in [0.2, 0.25) is 5.91 Å². The fraction of sp³-hybridized carbons (Fsp3) is 0.583. The van der Waals surface area contributed by atoms with E-state index in [1.165, 1.54) is 23.4 Å². The number of aryl methyl sites for hydroxylation is 2. The average molecular weight is 489 g/mol. The van der Waals surface area contributed by atoms with Gasteiger partial charge < -0.3 is 0 Å². The number of amides is 1. The highest BCUT2D eigenvalue weighted by Gasteiger charge is 2.34. The van der Waals surface area contributed by atoms with Gasteiger partial charge in [-0.3, -0.25) is 19.5 Å². The van der Waals surface area contributed by atoms with Crippen LogP contribution in [0.5, 0.6) is 0 Å². The second kappa shape index (κ2) is 9.82. The van der Waals surface area contributed by atoms with Crippen LogP contribution in [0.1, 0.15) is 35.4 Å². The maximum absolute atomic E-state index is 13.5. The summed E-state index contributed by atoms with van der Waals surface area (Å²) in [5.41, 5.74) is 2.28. The number of benzene rings is 1. The largest absolute Gasteiger partial charge is 0.297 e. The number of carbonyl (C=O) groups is 1. The molecule has 3 heterocycles. The van der Waals surface area contributed by atoms with Crippen molar-refractivity contribution in [2.75, 3.05) is 49.1 Å². The molecule has 1 atom stereocenters. The van der Waals surface area contributed by atoms with Gasteiger partial charge in [-0.25, -0.2) is 13.4 Å². The molecule has 0 bridgehead atoms. The van der Waals surface area contributed by atoms with E-state index in [2.05, 4.69) is 21.9 Å². The van der Waals surface area contributed by atoms with Crippen molar-refractivity contribution < 1.29 is 13.2 Å². The topological polar surface area (TPSA) is 73.8 Å². The zero-order valence-electron chi connectivity index (χ0n) is 19.0. The van der Waals surface area contributed by atoms with Gasteiger partial charge >= 0.3 is 0 Å². The molecule has 1 aromatic heterocycles. The first-order valence-corrected chi connectivity index (χ1v) is 14.6. The van der Waals surface area contributed by atoms with E-state index in [1.807, 2.05) is 23.1 Å². The van der Waals surface area contributed by atoms with Gasteiger partial charge in [0.15, 0.2) is 15.0 Å². The molecule has 0 unspecified atom stereocenters. The van der Waals surface area contributed by atoms with Crippen LogP contribution >= 0.6 is 11.3 Å². The van der Waals surface area contributed by atoms with Crippen molar-refractivity contribution in [3.05, 3.63) is 46.5 Å². The normalized spacial score (nSPS) is 23.3. The lowest BCUT2D eigenvalue weighted by atomic mass is 10.0. The fourth-order valence-electron chi connectivity index (χ4n) is 5.11. The number of fused-ring (bicyclic) bond motifs is 1. The van der Waals surface area contributed by atoms with Gasteiger partial charge in [-0.2, -0.15) is 0 Å². The number of hydrogen-bond donors (Lipinski definition) is 0. The second-order valence-corrected chi connectivity index (χ2v) is 12.7. The number of carbonyl (C=O) groups excluding carboxylic acids is 1. The minimum atomic E-state index is -2.87. The molecule has 5 rings (SSSR count). The van der Waals surface area contributed by atoms with E-state index in [0.29, 0.717) is 18.8 Å². The molecule has 0 saturated carbocycles. The molecular weight excluding hydrogens is 456 g/mol. The molecule has 178 valence electrons. The highest BCUT2D eigenvalue weighted by Crippen LogP contribution is 2.32. The average Bonchev–Trinajstić information content (AvgIpc) is 3.41. The molecule has 0 spiro atoms. The van der Waals surface area contributed by atoms with Gasteiger partial charge in [-0.05, 0) is 37.7 Å². The number of thiazole rings is 1. The fourth-order valence-corrected chi connectivity index (χ4v) is 8.04. The molecule has 0 N–H and O–H groups in total. The Hall–Kier alpha value is -1.81. The lowest BCUT2D eigenvalue weighted by molar-refractivity contribution is -0.120. The number of aromatic nitrogens is 1. The second-order valence-electron chi connectivity index (χ2n) is 9.41. The zero-order valence-corrected chi connectivity index (χ0v) is 20.6. The first-order chi connectivity index (χ1) is 16.0. The number of rotatable bonds is 6. The van der Waals surface area contributed by atoms with Gasteiger partial charge in [0, 0.05) is 37.1 Å². The van der Waals surface area contributed by atoms with Crippen LogP contribution in [0.3, 0.4) is 0 Å². The summed E-state index contributed by atoms with van der Waals surface area (Å²) in [6.45, 7) is 4.11. The zero-order chi connectivity index (χ0) is 22.8. The van der Waals surface area contributed by atoms with Gasteiger partial charge in [0.25, 0.3) is 0 Å². The van der Waals surface area contributed by atoms with E-state index in [9.17, 15) is 13.2 Å². The van der Waals surface area contributed by atoms with Crippen LogP contribution in [0.2, 0.25) is 0 Å². The van der Waals surface area contributed by atoms with Crippen molar-refractivity contribution in [3.8, 4) is 0 Å². The minimum absolute atomic E-state index is 0.0850. The minimum Gasteiger partial charge on any atom is -0.297 e. The molecule has 2 aliphatic heterocycles. The Kier molecular flexibility index (Phi) is 6.83. The third kappa shape index (κ3) is 5.48. The molecule has 2 fully saturated rings. The van der Waals surface area contributed by atoms with Crippen LogP contribution in [0, 0.1) is 0 Å². The maximum atomic E-state index is 13.5. The van der Waals surface area contributed by atoms with Crippen molar-refractivity contribution >= 4 is 32.2 Å². The maximum Gasteiger partial charge on any atom is 0.243 e. The summed E-state index contributed by atoms with van der Waals surface area (Å²) in [6.07, 6.45) is 5.20.